The third-order valence-corrected chi connectivity index (χ3v) is 4.78. The SMILES string of the molecule is CN=C(NCCc1c(C)nn(C)c1C)N(C)Cc1csc(C)n1. The summed E-state index contributed by atoms with van der Waals surface area (Å²) in [7, 11) is 5.83. The van der Waals surface area contributed by atoms with Crippen molar-refractivity contribution in [1.29, 1.82) is 0 Å². The van der Waals surface area contributed by atoms with Crippen LogP contribution in [0.3, 0.4) is 0 Å². The van der Waals surface area contributed by atoms with Gasteiger partial charge in [0.2, 0.25) is 0 Å². The quantitative estimate of drug-likeness (QED) is 0.672. The Hall–Kier alpha value is -1.89. The van der Waals surface area contributed by atoms with E-state index in [4.69, 9.17) is 0 Å². The second-order valence-corrected chi connectivity index (χ2v) is 6.77. The van der Waals surface area contributed by atoms with E-state index in [0.717, 1.165) is 41.9 Å². The number of hydrogen-bond acceptors (Lipinski definition) is 4. The molecule has 0 amide bonds. The molecule has 2 aromatic heterocycles. The highest BCUT2D eigenvalue weighted by Crippen LogP contribution is 2.12. The molecule has 2 rings (SSSR count). The highest BCUT2D eigenvalue weighted by molar-refractivity contribution is 7.09. The fraction of sp³-hybridized carbons (Fsp3) is 0.562. The number of nitrogens with zero attached hydrogens (tertiary/aromatic N) is 5. The van der Waals surface area contributed by atoms with Gasteiger partial charge in [0, 0.05) is 38.8 Å². The Labute approximate surface area is 142 Å². The smallest absolute Gasteiger partial charge is 0.193 e. The van der Waals surface area contributed by atoms with Gasteiger partial charge in [-0.05, 0) is 32.8 Å². The lowest BCUT2D eigenvalue weighted by Crippen LogP contribution is -2.39. The van der Waals surface area contributed by atoms with E-state index in [2.05, 4.69) is 44.5 Å². The van der Waals surface area contributed by atoms with E-state index >= 15 is 0 Å². The van der Waals surface area contributed by atoms with Crippen molar-refractivity contribution in [3.63, 3.8) is 0 Å². The van der Waals surface area contributed by atoms with Crippen LogP contribution < -0.4 is 5.32 Å². The van der Waals surface area contributed by atoms with Gasteiger partial charge < -0.3 is 10.2 Å². The van der Waals surface area contributed by atoms with E-state index < -0.39 is 0 Å². The predicted molar refractivity (Wildman–Crippen MR) is 96.1 cm³/mol. The Morgan fingerprint density at radius 3 is 2.65 bits per heavy atom. The molecule has 126 valence electrons. The zero-order chi connectivity index (χ0) is 17.0. The van der Waals surface area contributed by atoms with Gasteiger partial charge in [-0.15, -0.1) is 11.3 Å². The van der Waals surface area contributed by atoms with Crippen molar-refractivity contribution in [2.24, 2.45) is 12.0 Å². The molecular weight excluding hydrogens is 308 g/mol. The Bertz CT molecular complexity index is 685. The highest BCUT2D eigenvalue weighted by Gasteiger charge is 2.11. The molecule has 0 saturated carbocycles. The van der Waals surface area contributed by atoms with Gasteiger partial charge in [-0.3, -0.25) is 9.67 Å². The molecule has 0 bridgehead atoms. The molecule has 7 heteroatoms. The molecule has 0 fully saturated rings. The van der Waals surface area contributed by atoms with Crippen molar-refractivity contribution in [2.45, 2.75) is 33.7 Å². The average Bonchev–Trinajstić information content (AvgIpc) is 3.00. The van der Waals surface area contributed by atoms with Gasteiger partial charge in [-0.1, -0.05) is 0 Å². The van der Waals surface area contributed by atoms with Crippen LogP contribution in [-0.4, -0.2) is 46.3 Å². The normalized spacial score (nSPS) is 11.8. The van der Waals surface area contributed by atoms with Crippen molar-refractivity contribution in [3.8, 4) is 0 Å². The highest BCUT2D eigenvalue weighted by atomic mass is 32.1. The zero-order valence-electron chi connectivity index (χ0n) is 14.8. The summed E-state index contributed by atoms with van der Waals surface area (Å²) in [5, 5.41) is 11.1. The molecule has 0 unspecified atom stereocenters. The minimum Gasteiger partial charge on any atom is -0.356 e. The molecule has 2 heterocycles. The van der Waals surface area contributed by atoms with Crippen LogP contribution >= 0.6 is 11.3 Å². The topological polar surface area (TPSA) is 58.3 Å². The maximum atomic E-state index is 4.50. The third-order valence-electron chi connectivity index (χ3n) is 3.96. The van der Waals surface area contributed by atoms with Crippen LogP contribution in [0.1, 0.15) is 27.7 Å². The van der Waals surface area contributed by atoms with Gasteiger partial charge in [0.25, 0.3) is 0 Å². The van der Waals surface area contributed by atoms with Gasteiger partial charge >= 0.3 is 0 Å². The molecule has 0 aliphatic rings. The Balaban J connectivity index is 1.89. The Kier molecular flexibility index (Phi) is 5.76. The van der Waals surface area contributed by atoms with Crippen LogP contribution in [0.25, 0.3) is 0 Å². The maximum Gasteiger partial charge on any atom is 0.193 e. The largest absolute Gasteiger partial charge is 0.356 e. The number of hydrogen-bond donors (Lipinski definition) is 1. The molecule has 0 spiro atoms. The van der Waals surface area contributed by atoms with Crippen LogP contribution in [0.15, 0.2) is 10.4 Å². The molecule has 6 nitrogen and oxygen atoms in total. The number of aryl methyl sites for hydroxylation is 3. The molecule has 2 aromatic rings. The van der Waals surface area contributed by atoms with Gasteiger partial charge in [0.05, 0.1) is 22.9 Å². The van der Waals surface area contributed by atoms with Crippen molar-refractivity contribution in [3.05, 3.63) is 33.0 Å². The first kappa shape index (κ1) is 17.5. The van der Waals surface area contributed by atoms with E-state index in [0.29, 0.717) is 0 Å². The van der Waals surface area contributed by atoms with Gasteiger partial charge in [-0.25, -0.2) is 4.98 Å². The molecular formula is C16H26N6S. The van der Waals surface area contributed by atoms with Crippen LogP contribution in [0.2, 0.25) is 0 Å². The first-order chi connectivity index (χ1) is 10.9. The van der Waals surface area contributed by atoms with Crippen LogP contribution in [-0.2, 0) is 20.0 Å². The van der Waals surface area contributed by atoms with Crippen LogP contribution in [0.5, 0.6) is 0 Å². The minimum absolute atomic E-state index is 0.759. The van der Waals surface area contributed by atoms with Crippen LogP contribution in [0.4, 0.5) is 0 Å². The standard InChI is InChI=1S/C16H26N6S/c1-11-15(12(2)22(6)20-11)7-8-18-16(17-4)21(5)9-14-10-23-13(3)19-14/h10H,7-9H2,1-6H3,(H,17,18). The number of aromatic nitrogens is 3. The van der Waals surface area contributed by atoms with E-state index in [1.165, 1.54) is 11.3 Å². The monoisotopic (exact) mass is 334 g/mol. The van der Waals surface area contributed by atoms with Crippen molar-refractivity contribution in [2.75, 3.05) is 20.6 Å². The molecule has 0 aliphatic carbocycles. The van der Waals surface area contributed by atoms with E-state index in [1.807, 2.05) is 32.7 Å². The van der Waals surface area contributed by atoms with Gasteiger partial charge in [0.1, 0.15) is 0 Å². The van der Waals surface area contributed by atoms with E-state index in [1.54, 1.807) is 11.3 Å². The molecule has 0 aromatic carbocycles. The summed E-state index contributed by atoms with van der Waals surface area (Å²) in [6.45, 7) is 7.80. The fourth-order valence-corrected chi connectivity index (χ4v) is 3.27. The lowest BCUT2D eigenvalue weighted by atomic mass is 10.1. The van der Waals surface area contributed by atoms with Crippen molar-refractivity contribution < 1.29 is 0 Å². The number of aliphatic imine (C=N–C) groups is 1. The molecule has 23 heavy (non-hydrogen) atoms. The molecule has 0 aliphatic heterocycles. The molecule has 0 atom stereocenters. The first-order valence-electron chi connectivity index (χ1n) is 7.74. The summed E-state index contributed by atoms with van der Waals surface area (Å²) in [6, 6.07) is 0. The number of rotatable bonds is 5. The Morgan fingerprint density at radius 2 is 2.13 bits per heavy atom. The first-order valence-corrected chi connectivity index (χ1v) is 8.62. The number of thiazole rings is 1. The zero-order valence-corrected chi connectivity index (χ0v) is 15.7. The summed E-state index contributed by atoms with van der Waals surface area (Å²) < 4.78 is 1.94. The second-order valence-electron chi connectivity index (χ2n) is 5.71. The van der Waals surface area contributed by atoms with E-state index in [-0.39, 0.29) is 0 Å². The second kappa shape index (κ2) is 7.59. The fourth-order valence-electron chi connectivity index (χ4n) is 2.66. The lowest BCUT2D eigenvalue weighted by molar-refractivity contribution is 0.471. The Morgan fingerprint density at radius 1 is 1.39 bits per heavy atom. The minimum atomic E-state index is 0.759. The van der Waals surface area contributed by atoms with Crippen molar-refractivity contribution in [1.82, 2.24) is 25.0 Å². The van der Waals surface area contributed by atoms with Gasteiger partial charge in [0.15, 0.2) is 5.96 Å². The molecule has 0 saturated heterocycles. The number of guanidine groups is 1. The molecule has 1 N–H and O–H groups in total. The lowest BCUT2D eigenvalue weighted by Gasteiger charge is -2.21. The summed E-state index contributed by atoms with van der Waals surface area (Å²) in [6.07, 6.45) is 0.939. The third kappa shape index (κ3) is 4.31. The maximum absolute atomic E-state index is 4.50. The van der Waals surface area contributed by atoms with Crippen LogP contribution in [0, 0.1) is 20.8 Å². The summed E-state index contributed by atoms with van der Waals surface area (Å²) in [4.78, 5) is 11.0. The predicted octanol–water partition coefficient (Wildman–Crippen LogP) is 2.05. The number of nitrogens with one attached hydrogen (secondary N) is 1. The molecule has 0 radical (unpaired) electrons. The van der Waals surface area contributed by atoms with Gasteiger partial charge in [-0.2, -0.15) is 5.10 Å². The van der Waals surface area contributed by atoms with E-state index in [9.17, 15) is 0 Å². The average molecular weight is 334 g/mol. The van der Waals surface area contributed by atoms with Crippen molar-refractivity contribution >= 4 is 17.3 Å². The summed E-state index contributed by atoms with van der Waals surface area (Å²) >= 11 is 1.68. The summed E-state index contributed by atoms with van der Waals surface area (Å²) in [5.74, 6) is 0.884. The summed E-state index contributed by atoms with van der Waals surface area (Å²) in [5.41, 5.74) is 4.73.